The van der Waals surface area contributed by atoms with Gasteiger partial charge in [-0.15, -0.1) is 5.10 Å². The summed E-state index contributed by atoms with van der Waals surface area (Å²) in [6.45, 7) is 11.6. The number of Topliss-reactive ketones (excluding diaryl/α,β-unsaturated/α-hetero) is 2. The van der Waals surface area contributed by atoms with Gasteiger partial charge in [-0.2, -0.15) is 5.10 Å². The lowest BCUT2D eigenvalue weighted by molar-refractivity contribution is 0.0939. The van der Waals surface area contributed by atoms with Gasteiger partial charge in [0.1, 0.15) is 5.75 Å². The predicted octanol–water partition coefficient (Wildman–Crippen LogP) is 10.2. The van der Waals surface area contributed by atoms with Crippen LogP contribution in [0.5, 0.6) is 11.6 Å². The number of halogens is 1. The molecule has 0 spiro atoms. The molecular formula is C50H55ClN8O5. The minimum absolute atomic E-state index is 0.212. The highest BCUT2D eigenvalue weighted by molar-refractivity contribution is 6.29. The third-order valence-electron chi connectivity index (χ3n) is 11.3. The van der Waals surface area contributed by atoms with Crippen LogP contribution in [0.4, 0.5) is 11.4 Å². The molecule has 0 atom stereocenters. The van der Waals surface area contributed by atoms with Crippen molar-refractivity contribution in [1.29, 1.82) is 0 Å². The van der Waals surface area contributed by atoms with Crippen molar-refractivity contribution in [2.45, 2.75) is 91.3 Å². The maximum absolute atomic E-state index is 12.7. The Kier molecular flexibility index (Phi) is 12.6. The average Bonchev–Trinajstić information content (AvgIpc) is 4.15. The van der Waals surface area contributed by atoms with E-state index in [9.17, 15) is 19.8 Å². The number of ketones is 2. The van der Waals surface area contributed by atoms with Crippen LogP contribution >= 0.6 is 11.6 Å². The fourth-order valence-electron chi connectivity index (χ4n) is 7.48. The van der Waals surface area contributed by atoms with E-state index in [1.165, 1.54) is 12.8 Å². The number of aryl methyl sites for hydroxylation is 2. The van der Waals surface area contributed by atoms with Gasteiger partial charge in [0.05, 0.1) is 46.4 Å². The number of anilines is 2. The van der Waals surface area contributed by atoms with Gasteiger partial charge in [0.2, 0.25) is 5.88 Å². The Hall–Kier alpha value is -6.15. The average molecular weight is 883 g/mol. The van der Waals surface area contributed by atoms with Crippen molar-refractivity contribution >= 4 is 45.8 Å². The number of carbonyl (C=O) groups excluding carboxylic acids is 2. The van der Waals surface area contributed by atoms with E-state index in [0.29, 0.717) is 77.2 Å². The van der Waals surface area contributed by atoms with E-state index in [4.69, 9.17) is 21.4 Å². The molecule has 2 fully saturated rings. The first-order valence-electron chi connectivity index (χ1n) is 21.8. The maximum Gasteiger partial charge on any atom is 0.239 e. The molecule has 2 aliphatic rings. The highest BCUT2D eigenvalue weighted by atomic mass is 35.5. The molecule has 0 radical (unpaired) electrons. The molecule has 332 valence electrons. The summed E-state index contributed by atoms with van der Waals surface area (Å²) in [4.78, 5) is 34.3. The first-order valence-corrected chi connectivity index (χ1v) is 22.2. The summed E-state index contributed by atoms with van der Waals surface area (Å²) < 4.78 is 9.46. The number of aromatic nitrogens is 6. The molecule has 0 bridgehead atoms. The summed E-state index contributed by atoms with van der Waals surface area (Å²) >= 11 is 6.24. The van der Waals surface area contributed by atoms with Crippen molar-refractivity contribution in [3.05, 3.63) is 119 Å². The van der Waals surface area contributed by atoms with Crippen LogP contribution in [0.1, 0.15) is 98.1 Å². The lowest BCUT2D eigenvalue weighted by Crippen LogP contribution is -2.29. The van der Waals surface area contributed by atoms with Gasteiger partial charge in [-0.05, 0) is 114 Å². The predicted molar refractivity (Wildman–Crippen MR) is 251 cm³/mol. The van der Waals surface area contributed by atoms with E-state index in [2.05, 4.69) is 25.7 Å². The normalized spacial score (nSPS) is 14.0. The van der Waals surface area contributed by atoms with Crippen molar-refractivity contribution in [3.63, 3.8) is 0 Å². The van der Waals surface area contributed by atoms with Crippen molar-refractivity contribution in [2.75, 3.05) is 23.7 Å². The topological polar surface area (TPSA) is 168 Å². The van der Waals surface area contributed by atoms with Crippen LogP contribution in [0.3, 0.4) is 0 Å². The monoisotopic (exact) mass is 882 g/mol. The van der Waals surface area contributed by atoms with Gasteiger partial charge in [-0.1, -0.05) is 54.1 Å². The van der Waals surface area contributed by atoms with Crippen LogP contribution in [-0.2, 0) is 0 Å². The molecule has 2 saturated carbocycles. The summed E-state index contributed by atoms with van der Waals surface area (Å²) in [5.74, 6) is 2.63. The number of benzene rings is 3. The number of carbonyl (C=O) groups is 2. The highest BCUT2D eigenvalue weighted by Gasteiger charge is 2.27. The van der Waals surface area contributed by atoms with Gasteiger partial charge in [-0.25, -0.2) is 19.0 Å². The zero-order valence-electron chi connectivity index (χ0n) is 37.2. The van der Waals surface area contributed by atoms with E-state index in [1.54, 1.807) is 61.3 Å². The van der Waals surface area contributed by atoms with Gasteiger partial charge in [-0.3, -0.25) is 9.59 Å². The third kappa shape index (κ3) is 11.0. The summed E-state index contributed by atoms with van der Waals surface area (Å²) in [5.41, 5.74) is 7.74. The Balaban J connectivity index is 0.000000178. The number of para-hydroxylation sites is 1. The second kappa shape index (κ2) is 18.1. The van der Waals surface area contributed by atoms with Gasteiger partial charge < -0.3 is 25.6 Å². The Morgan fingerprint density at radius 3 is 1.61 bits per heavy atom. The van der Waals surface area contributed by atoms with E-state index in [0.717, 1.165) is 57.6 Å². The minimum Gasteiger partial charge on any atom is -0.438 e. The molecule has 3 aromatic carbocycles. The number of nitrogens with one attached hydrogen (secondary N) is 2. The quantitative estimate of drug-likeness (QED) is 0.0682. The minimum atomic E-state index is -0.907. The van der Waals surface area contributed by atoms with Crippen LogP contribution in [0.2, 0.25) is 5.15 Å². The molecule has 0 aliphatic heterocycles. The zero-order valence-corrected chi connectivity index (χ0v) is 37.9. The maximum atomic E-state index is 12.7. The molecule has 4 N–H and O–H groups in total. The van der Waals surface area contributed by atoms with Gasteiger partial charge in [0, 0.05) is 60.3 Å². The molecule has 4 heterocycles. The molecule has 7 aromatic rings. The summed E-state index contributed by atoms with van der Waals surface area (Å²) in [7, 11) is 0. The summed E-state index contributed by atoms with van der Waals surface area (Å²) in [5, 5.41) is 36.1. The van der Waals surface area contributed by atoms with E-state index in [-0.39, 0.29) is 11.6 Å². The first kappa shape index (κ1) is 44.5. The first-order chi connectivity index (χ1) is 30.5. The molecule has 64 heavy (non-hydrogen) atoms. The zero-order chi connectivity index (χ0) is 45.3. The van der Waals surface area contributed by atoms with Gasteiger partial charge in [0.25, 0.3) is 0 Å². The lowest BCUT2D eigenvalue weighted by Gasteiger charge is -2.19. The lowest BCUT2D eigenvalue weighted by atomic mass is 9.98. The number of nitrogens with zero attached hydrogens (tertiary/aromatic N) is 6. The number of aliphatic hydroxyl groups is 2. The highest BCUT2D eigenvalue weighted by Crippen LogP contribution is 2.36. The molecule has 0 amide bonds. The largest absolute Gasteiger partial charge is 0.438 e. The smallest absolute Gasteiger partial charge is 0.239 e. The Morgan fingerprint density at radius 2 is 1.16 bits per heavy atom. The van der Waals surface area contributed by atoms with Crippen LogP contribution in [0.15, 0.2) is 91.3 Å². The van der Waals surface area contributed by atoms with Crippen LogP contribution in [-0.4, -0.2) is 75.3 Å². The molecule has 0 saturated heterocycles. The van der Waals surface area contributed by atoms with Crippen molar-refractivity contribution < 1.29 is 24.5 Å². The van der Waals surface area contributed by atoms with E-state index >= 15 is 0 Å². The molecule has 14 heteroatoms. The van der Waals surface area contributed by atoms with Crippen molar-refractivity contribution in [2.24, 2.45) is 11.8 Å². The van der Waals surface area contributed by atoms with Crippen molar-refractivity contribution in [3.8, 4) is 34.1 Å². The van der Waals surface area contributed by atoms with Crippen molar-refractivity contribution in [1.82, 2.24) is 29.2 Å². The second-order valence-electron chi connectivity index (χ2n) is 18.5. The standard InChI is InChI=1S/C28H30N4O3.C22H25ClN4O2/c1-18-13-20(11-12-22(18)25(33)14-19-9-10-19)24-16-29-27-23(30-17-28(2,3)34)15-26(31-32(24)27)35-21-7-5-4-6-8-21;1-13-8-15(6-7-16(13)19(28)9-14-4-5-14)18-11-24-21-17(25-12-22(2,3)29)10-20(23)26-27(18)21/h4-8,11-13,15-16,19,30,34H,9-10,14,17H2,1-3H3;6-8,10-11,14,25,29H,4-5,9,12H2,1-3H3. The Bertz CT molecular complexity index is 2830. The molecular weight excluding hydrogens is 828 g/mol. The second-order valence-corrected chi connectivity index (χ2v) is 18.9. The molecule has 0 unspecified atom stereocenters. The fourth-order valence-corrected chi connectivity index (χ4v) is 7.67. The van der Waals surface area contributed by atoms with Crippen LogP contribution in [0.25, 0.3) is 33.8 Å². The Morgan fingerprint density at radius 1 is 0.688 bits per heavy atom. The number of fused-ring (bicyclic) bond motifs is 2. The van der Waals surface area contributed by atoms with E-state index in [1.807, 2.05) is 80.6 Å². The Labute approximate surface area is 377 Å². The molecule has 13 nitrogen and oxygen atoms in total. The third-order valence-corrected chi connectivity index (χ3v) is 11.4. The molecule has 2 aliphatic carbocycles. The number of hydrogen-bond acceptors (Lipinski definition) is 11. The molecule has 9 rings (SSSR count). The summed E-state index contributed by atoms with van der Waals surface area (Å²) in [6.07, 6.45) is 9.44. The van der Waals surface area contributed by atoms with Gasteiger partial charge in [0.15, 0.2) is 28.0 Å². The van der Waals surface area contributed by atoms with Crippen LogP contribution in [0, 0.1) is 25.7 Å². The number of imidazole rings is 2. The molecule has 4 aromatic heterocycles. The SMILES string of the molecule is Cc1cc(-c2cnc3c(NCC(C)(C)O)cc(Cl)nn23)ccc1C(=O)CC1CC1.Cc1cc(-c2cnc3c(NCC(C)(C)O)cc(Oc4ccccc4)nn23)ccc1C(=O)CC1CC1. The fraction of sp³-hybridized carbons (Fsp3) is 0.360. The van der Waals surface area contributed by atoms with Crippen LogP contribution < -0.4 is 15.4 Å². The number of ether oxygens (including phenoxy) is 1. The number of rotatable bonds is 16. The number of hydrogen-bond donors (Lipinski definition) is 4. The summed E-state index contributed by atoms with van der Waals surface area (Å²) in [6, 6.07) is 24.6. The van der Waals surface area contributed by atoms with E-state index < -0.39 is 11.2 Å². The van der Waals surface area contributed by atoms with Gasteiger partial charge >= 0.3 is 0 Å².